The molecule has 0 N–H and O–H groups in total. The van der Waals surface area contributed by atoms with Crippen LogP contribution in [0.5, 0.6) is 0 Å². The van der Waals surface area contributed by atoms with Crippen molar-refractivity contribution in [1.29, 1.82) is 0 Å². The van der Waals surface area contributed by atoms with Crippen LogP contribution < -0.4 is 0 Å². The van der Waals surface area contributed by atoms with Crippen LogP contribution in [0.1, 0.15) is 17.6 Å². The largest absolute Gasteiger partial charge is 0.247 e. The zero-order chi connectivity index (χ0) is 9.90. The molecule has 0 aliphatic rings. The molecule has 0 aliphatic carbocycles. The number of nitrogens with zero attached hydrogens (tertiary/aromatic N) is 1. The van der Waals surface area contributed by atoms with Crippen molar-refractivity contribution in [3.63, 3.8) is 0 Å². The minimum atomic E-state index is -0.0242. The molecular weight excluding hydrogens is 225 g/mol. The van der Waals surface area contributed by atoms with Gasteiger partial charge in [0.05, 0.1) is 10.7 Å². The lowest BCUT2D eigenvalue weighted by Gasteiger charge is -2.22. The van der Waals surface area contributed by atoms with E-state index in [1.165, 1.54) is 0 Å². The van der Waals surface area contributed by atoms with Gasteiger partial charge in [0.15, 0.2) is 0 Å². The predicted octanol–water partition coefficient (Wildman–Crippen LogP) is 3.48. The second-order valence-corrected chi connectivity index (χ2v) is 5.21. The van der Waals surface area contributed by atoms with E-state index in [1.54, 1.807) is 11.3 Å². The molecule has 0 aliphatic heterocycles. The van der Waals surface area contributed by atoms with Gasteiger partial charge in [-0.1, -0.05) is 6.92 Å². The van der Waals surface area contributed by atoms with E-state index >= 15 is 0 Å². The van der Waals surface area contributed by atoms with Crippen LogP contribution in [-0.2, 0) is 6.42 Å². The van der Waals surface area contributed by atoms with E-state index in [2.05, 4.69) is 17.3 Å². The average molecular weight is 238 g/mol. The summed E-state index contributed by atoms with van der Waals surface area (Å²) >= 11 is 13.4. The number of aryl methyl sites for hydroxylation is 1. The van der Waals surface area contributed by atoms with Crippen molar-refractivity contribution in [2.45, 2.75) is 20.3 Å². The Bertz CT molecular complexity index is 268. The smallest absolute Gasteiger partial charge is 0.0897 e. The quantitative estimate of drug-likeness (QED) is 0.732. The number of thiazole rings is 1. The second-order valence-electron chi connectivity index (χ2n) is 3.61. The van der Waals surface area contributed by atoms with E-state index in [9.17, 15) is 0 Å². The number of alkyl halides is 2. The Labute approximate surface area is 93.1 Å². The molecule has 1 heterocycles. The molecule has 0 unspecified atom stereocenters. The maximum atomic E-state index is 5.86. The molecule has 13 heavy (non-hydrogen) atoms. The summed E-state index contributed by atoms with van der Waals surface area (Å²) in [6, 6.07) is 0. The Morgan fingerprint density at radius 1 is 1.46 bits per heavy atom. The van der Waals surface area contributed by atoms with Crippen molar-refractivity contribution in [3.8, 4) is 0 Å². The molecule has 0 bridgehead atoms. The number of hydrogen-bond acceptors (Lipinski definition) is 2. The zero-order valence-corrected chi connectivity index (χ0v) is 10.1. The Kier molecular flexibility index (Phi) is 4.02. The normalized spacial score (nSPS) is 12.0. The van der Waals surface area contributed by atoms with Gasteiger partial charge in [-0.25, -0.2) is 4.98 Å². The number of aromatic nitrogens is 1. The van der Waals surface area contributed by atoms with Crippen LogP contribution in [0.3, 0.4) is 0 Å². The summed E-state index contributed by atoms with van der Waals surface area (Å²) in [5.74, 6) is 1.15. The topological polar surface area (TPSA) is 12.9 Å². The zero-order valence-electron chi connectivity index (χ0n) is 7.81. The molecule has 1 aromatic rings. The molecule has 1 nitrogen and oxygen atoms in total. The molecule has 0 saturated carbocycles. The lowest BCUT2D eigenvalue weighted by molar-refractivity contribution is 0.421. The maximum Gasteiger partial charge on any atom is 0.0897 e. The van der Waals surface area contributed by atoms with E-state index < -0.39 is 0 Å². The van der Waals surface area contributed by atoms with Gasteiger partial charge in [-0.15, -0.1) is 34.5 Å². The fourth-order valence-electron chi connectivity index (χ4n) is 1.06. The van der Waals surface area contributed by atoms with E-state index in [-0.39, 0.29) is 5.41 Å². The van der Waals surface area contributed by atoms with Crippen LogP contribution in [0.25, 0.3) is 0 Å². The van der Waals surface area contributed by atoms with Crippen LogP contribution in [-0.4, -0.2) is 16.7 Å². The second kappa shape index (κ2) is 4.63. The van der Waals surface area contributed by atoms with Gasteiger partial charge in [0.25, 0.3) is 0 Å². The molecule has 74 valence electrons. The highest BCUT2D eigenvalue weighted by Crippen LogP contribution is 2.26. The molecule has 4 heteroatoms. The Morgan fingerprint density at radius 3 is 2.46 bits per heavy atom. The molecule has 0 radical (unpaired) electrons. The summed E-state index contributed by atoms with van der Waals surface area (Å²) in [6.07, 6.45) is 0.865. The van der Waals surface area contributed by atoms with Gasteiger partial charge in [0, 0.05) is 22.6 Å². The fourth-order valence-corrected chi connectivity index (χ4v) is 2.14. The van der Waals surface area contributed by atoms with Crippen LogP contribution in [0.4, 0.5) is 0 Å². The third-order valence-corrected chi connectivity index (χ3v) is 4.03. The predicted molar refractivity (Wildman–Crippen MR) is 60.1 cm³/mol. The fraction of sp³-hybridized carbons (Fsp3) is 0.667. The molecule has 0 saturated heterocycles. The van der Waals surface area contributed by atoms with Gasteiger partial charge in [-0.05, 0) is 13.3 Å². The van der Waals surface area contributed by atoms with Crippen molar-refractivity contribution < 1.29 is 0 Å². The van der Waals surface area contributed by atoms with E-state index in [4.69, 9.17) is 23.2 Å². The molecule has 0 amide bonds. The third kappa shape index (κ3) is 3.12. The number of halogens is 2. The van der Waals surface area contributed by atoms with Crippen molar-refractivity contribution in [2.24, 2.45) is 5.41 Å². The highest BCUT2D eigenvalue weighted by molar-refractivity contribution is 7.09. The summed E-state index contributed by atoms with van der Waals surface area (Å²) in [4.78, 5) is 4.39. The molecule has 0 fully saturated rings. The molecule has 0 spiro atoms. The van der Waals surface area contributed by atoms with Crippen molar-refractivity contribution in [3.05, 3.63) is 16.1 Å². The first-order chi connectivity index (χ1) is 6.09. The van der Waals surface area contributed by atoms with Crippen molar-refractivity contribution in [2.75, 3.05) is 11.8 Å². The van der Waals surface area contributed by atoms with E-state index in [1.807, 2.05) is 6.92 Å². The van der Waals surface area contributed by atoms with E-state index in [0.717, 1.165) is 17.1 Å². The summed E-state index contributed by atoms with van der Waals surface area (Å²) < 4.78 is 0. The van der Waals surface area contributed by atoms with Gasteiger partial charge in [0.1, 0.15) is 0 Å². The van der Waals surface area contributed by atoms with E-state index in [0.29, 0.717) is 11.8 Å². The molecule has 1 aromatic heterocycles. The van der Waals surface area contributed by atoms with Gasteiger partial charge in [0.2, 0.25) is 0 Å². The highest BCUT2D eigenvalue weighted by atomic mass is 35.5. The SMILES string of the molecule is Cc1nc(CC(C)(CCl)CCl)cs1. The van der Waals surface area contributed by atoms with Crippen LogP contribution in [0, 0.1) is 12.3 Å². The van der Waals surface area contributed by atoms with Crippen LogP contribution in [0.15, 0.2) is 5.38 Å². The van der Waals surface area contributed by atoms with Crippen LogP contribution in [0.2, 0.25) is 0 Å². The minimum absolute atomic E-state index is 0.0242. The van der Waals surface area contributed by atoms with Gasteiger partial charge in [-0.2, -0.15) is 0 Å². The maximum absolute atomic E-state index is 5.86. The average Bonchev–Trinajstić information content (AvgIpc) is 2.51. The first-order valence-corrected chi connectivity index (χ1v) is 6.07. The minimum Gasteiger partial charge on any atom is -0.247 e. The number of rotatable bonds is 4. The Hall–Kier alpha value is 0.210. The summed E-state index contributed by atoms with van der Waals surface area (Å²) in [7, 11) is 0. The first-order valence-electron chi connectivity index (χ1n) is 4.12. The molecule has 0 atom stereocenters. The number of hydrogen-bond donors (Lipinski definition) is 0. The lowest BCUT2D eigenvalue weighted by Crippen LogP contribution is -2.23. The molecular formula is C9H13Cl2NS. The Morgan fingerprint density at radius 2 is 2.08 bits per heavy atom. The lowest BCUT2D eigenvalue weighted by atomic mass is 9.90. The first kappa shape index (κ1) is 11.3. The van der Waals surface area contributed by atoms with Crippen LogP contribution >= 0.6 is 34.5 Å². The molecule has 1 rings (SSSR count). The van der Waals surface area contributed by atoms with Crippen molar-refractivity contribution >= 4 is 34.5 Å². The highest BCUT2D eigenvalue weighted by Gasteiger charge is 2.23. The van der Waals surface area contributed by atoms with Gasteiger partial charge < -0.3 is 0 Å². The Balaban J connectivity index is 2.67. The summed E-state index contributed by atoms with van der Waals surface area (Å²) in [5.41, 5.74) is 1.08. The third-order valence-electron chi connectivity index (χ3n) is 1.92. The summed E-state index contributed by atoms with van der Waals surface area (Å²) in [6.45, 7) is 4.09. The summed E-state index contributed by atoms with van der Waals surface area (Å²) in [5, 5.41) is 3.17. The molecule has 0 aromatic carbocycles. The van der Waals surface area contributed by atoms with Gasteiger partial charge >= 0.3 is 0 Å². The van der Waals surface area contributed by atoms with Gasteiger partial charge in [-0.3, -0.25) is 0 Å². The monoisotopic (exact) mass is 237 g/mol. The van der Waals surface area contributed by atoms with Crippen molar-refractivity contribution in [1.82, 2.24) is 4.98 Å². The standard InChI is InChI=1S/C9H13Cl2NS/c1-7-12-8(4-13-7)3-9(2,5-10)6-11/h4H,3,5-6H2,1-2H3.